The molecule has 0 radical (unpaired) electrons. The van der Waals surface area contributed by atoms with E-state index in [0.717, 1.165) is 5.82 Å². The van der Waals surface area contributed by atoms with Crippen LogP contribution in [0.4, 0.5) is 0 Å². The lowest BCUT2D eigenvalue weighted by atomic mass is 10.1. The van der Waals surface area contributed by atoms with Gasteiger partial charge in [-0.25, -0.2) is 18.1 Å². The van der Waals surface area contributed by atoms with Crippen molar-refractivity contribution in [2.75, 3.05) is 6.54 Å². The second kappa shape index (κ2) is 6.52. The lowest BCUT2D eigenvalue weighted by Crippen LogP contribution is -2.28. The molecule has 0 saturated carbocycles. The summed E-state index contributed by atoms with van der Waals surface area (Å²) in [6, 6.07) is 8.69. The van der Waals surface area contributed by atoms with Crippen molar-refractivity contribution in [3.63, 3.8) is 0 Å². The molecule has 0 atom stereocenters. The highest BCUT2D eigenvalue weighted by atomic mass is 32.2. The summed E-state index contributed by atoms with van der Waals surface area (Å²) in [5, 5.41) is 8.97. The maximum atomic E-state index is 12.0. The molecule has 0 aliphatic carbocycles. The molecule has 0 fully saturated rings. The summed E-state index contributed by atoms with van der Waals surface area (Å²) in [6.45, 7) is 0.280. The van der Waals surface area contributed by atoms with Crippen molar-refractivity contribution in [2.45, 2.75) is 12.2 Å². The molecule has 0 aliphatic rings. The number of benzene rings is 1. The highest BCUT2D eigenvalue weighted by Gasteiger charge is 2.14. The highest BCUT2D eigenvalue weighted by molar-refractivity contribution is 7.88. The van der Waals surface area contributed by atoms with E-state index in [0.29, 0.717) is 17.5 Å². The van der Waals surface area contributed by atoms with Gasteiger partial charge in [0.05, 0.1) is 17.4 Å². The summed E-state index contributed by atoms with van der Waals surface area (Å²) < 4.78 is 28.4. The second-order valence-electron chi connectivity index (χ2n) is 4.63. The lowest BCUT2D eigenvalue weighted by molar-refractivity contribution is 0.579. The van der Waals surface area contributed by atoms with Gasteiger partial charge in [0.25, 0.3) is 0 Å². The molecule has 0 saturated heterocycles. The number of sulfonamides is 1. The first-order valence-corrected chi connectivity index (χ1v) is 8.08. The van der Waals surface area contributed by atoms with E-state index >= 15 is 0 Å². The number of nitrogens with zero attached hydrogens (tertiary/aromatic N) is 3. The number of aryl methyl sites for hydroxylation is 1. The normalized spacial score (nSPS) is 11.2. The van der Waals surface area contributed by atoms with E-state index in [9.17, 15) is 8.42 Å². The molecule has 2 aromatic rings. The van der Waals surface area contributed by atoms with E-state index in [2.05, 4.69) is 9.71 Å². The molecule has 0 aliphatic heterocycles. The fraction of sp³-hybridized carbons (Fsp3) is 0.286. The van der Waals surface area contributed by atoms with Gasteiger partial charge in [-0.3, -0.25) is 0 Å². The molecule has 2 rings (SSSR count). The summed E-state index contributed by atoms with van der Waals surface area (Å²) >= 11 is 0. The molecule has 1 aromatic carbocycles. The minimum Gasteiger partial charge on any atom is -0.338 e. The zero-order valence-electron chi connectivity index (χ0n) is 11.7. The van der Waals surface area contributed by atoms with Gasteiger partial charge in [-0.05, 0) is 11.6 Å². The van der Waals surface area contributed by atoms with Crippen LogP contribution in [-0.2, 0) is 29.2 Å². The number of rotatable bonds is 6. The second-order valence-corrected chi connectivity index (χ2v) is 6.43. The minimum absolute atomic E-state index is 0.197. The molecule has 0 unspecified atom stereocenters. The molecule has 1 aromatic heterocycles. The molecule has 6 nitrogen and oxygen atoms in total. The van der Waals surface area contributed by atoms with Gasteiger partial charge < -0.3 is 4.57 Å². The van der Waals surface area contributed by atoms with Crippen LogP contribution in [0.5, 0.6) is 0 Å². The van der Waals surface area contributed by atoms with Crippen molar-refractivity contribution in [3.05, 3.63) is 53.6 Å². The third-order valence-electron chi connectivity index (χ3n) is 3.07. The van der Waals surface area contributed by atoms with Gasteiger partial charge >= 0.3 is 0 Å². The van der Waals surface area contributed by atoms with Gasteiger partial charge in [-0.2, -0.15) is 5.26 Å². The van der Waals surface area contributed by atoms with Crippen LogP contribution < -0.4 is 4.72 Å². The number of imidazole rings is 1. The molecule has 0 spiro atoms. The predicted octanol–water partition coefficient (Wildman–Crippen LogP) is 0.954. The number of hydrogen-bond acceptors (Lipinski definition) is 4. The summed E-state index contributed by atoms with van der Waals surface area (Å²) in [7, 11) is -1.61. The van der Waals surface area contributed by atoms with Crippen molar-refractivity contribution in [2.24, 2.45) is 7.05 Å². The molecule has 0 bridgehead atoms. The standard InChI is InChI=1S/C14H16N4O2S/c1-18-9-8-16-14(18)6-7-17-21(19,20)11-13-5-3-2-4-12(13)10-15/h2-5,8-9,17H,6-7,11H2,1H3. The molecular weight excluding hydrogens is 288 g/mol. The Hall–Kier alpha value is -2.17. The maximum absolute atomic E-state index is 12.0. The Morgan fingerprint density at radius 1 is 1.38 bits per heavy atom. The summed E-state index contributed by atoms with van der Waals surface area (Å²) in [5.74, 6) is 0.618. The predicted molar refractivity (Wildman–Crippen MR) is 78.7 cm³/mol. The van der Waals surface area contributed by atoms with Crippen molar-refractivity contribution < 1.29 is 8.42 Å². The van der Waals surface area contributed by atoms with Crippen molar-refractivity contribution in [1.82, 2.24) is 14.3 Å². The van der Waals surface area contributed by atoms with E-state index in [-0.39, 0.29) is 12.3 Å². The first-order valence-electron chi connectivity index (χ1n) is 6.43. The first-order chi connectivity index (χ1) is 10.0. The fourth-order valence-corrected chi connectivity index (χ4v) is 3.14. The zero-order chi connectivity index (χ0) is 15.3. The van der Waals surface area contributed by atoms with Crippen LogP contribution in [0.15, 0.2) is 36.7 Å². The minimum atomic E-state index is -3.47. The van der Waals surface area contributed by atoms with Crippen molar-refractivity contribution in [1.29, 1.82) is 5.26 Å². The smallest absolute Gasteiger partial charge is 0.215 e. The van der Waals surface area contributed by atoms with Crippen molar-refractivity contribution >= 4 is 10.0 Å². The third kappa shape index (κ3) is 4.15. The van der Waals surface area contributed by atoms with Crippen LogP contribution in [-0.4, -0.2) is 24.5 Å². The number of nitrogens with one attached hydrogen (secondary N) is 1. The highest BCUT2D eigenvalue weighted by Crippen LogP contribution is 2.10. The quantitative estimate of drug-likeness (QED) is 0.861. The average Bonchev–Trinajstić information content (AvgIpc) is 2.84. The Morgan fingerprint density at radius 2 is 2.14 bits per heavy atom. The molecule has 21 heavy (non-hydrogen) atoms. The maximum Gasteiger partial charge on any atom is 0.215 e. The molecule has 1 N–H and O–H groups in total. The van der Waals surface area contributed by atoms with Gasteiger partial charge in [0.1, 0.15) is 5.82 Å². The molecule has 1 heterocycles. The van der Waals surface area contributed by atoms with Crippen LogP contribution in [0.3, 0.4) is 0 Å². The summed E-state index contributed by atoms with van der Waals surface area (Å²) in [5.41, 5.74) is 0.886. The fourth-order valence-electron chi connectivity index (χ4n) is 1.97. The monoisotopic (exact) mass is 304 g/mol. The average molecular weight is 304 g/mol. The topological polar surface area (TPSA) is 87.8 Å². The van der Waals surface area contributed by atoms with Gasteiger partial charge in [0.2, 0.25) is 10.0 Å². The Balaban J connectivity index is 1.96. The third-order valence-corrected chi connectivity index (χ3v) is 4.41. The van der Waals surface area contributed by atoms with E-state index in [4.69, 9.17) is 5.26 Å². The Bertz CT molecular complexity index is 759. The lowest BCUT2D eigenvalue weighted by Gasteiger charge is -2.08. The molecule has 7 heteroatoms. The summed E-state index contributed by atoms with van der Waals surface area (Å²) in [6.07, 6.45) is 4.00. The van der Waals surface area contributed by atoms with E-state index in [1.807, 2.05) is 23.9 Å². The Kier molecular flexibility index (Phi) is 4.73. The van der Waals surface area contributed by atoms with Gasteiger partial charge in [0.15, 0.2) is 0 Å². The Morgan fingerprint density at radius 3 is 2.81 bits per heavy atom. The van der Waals surface area contributed by atoms with Crippen LogP contribution in [0, 0.1) is 11.3 Å². The largest absolute Gasteiger partial charge is 0.338 e. The van der Waals surface area contributed by atoms with Crippen molar-refractivity contribution in [3.8, 4) is 6.07 Å². The van der Waals surface area contributed by atoms with E-state index < -0.39 is 10.0 Å². The van der Waals surface area contributed by atoms with Gasteiger partial charge in [-0.15, -0.1) is 0 Å². The van der Waals surface area contributed by atoms with Crippen LogP contribution in [0.25, 0.3) is 0 Å². The molecular formula is C14H16N4O2S. The number of nitriles is 1. The number of hydrogen-bond donors (Lipinski definition) is 1. The Labute approximate surface area is 124 Å². The first kappa shape index (κ1) is 15.2. The molecule has 110 valence electrons. The van der Waals surface area contributed by atoms with Crippen LogP contribution in [0.1, 0.15) is 17.0 Å². The van der Waals surface area contributed by atoms with Crippen LogP contribution >= 0.6 is 0 Å². The summed E-state index contributed by atoms with van der Waals surface area (Å²) in [4.78, 5) is 4.13. The zero-order valence-corrected chi connectivity index (χ0v) is 12.5. The van der Waals surface area contributed by atoms with Gasteiger partial charge in [-0.1, -0.05) is 18.2 Å². The van der Waals surface area contributed by atoms with Gasteiger partial charge in [0, 0.05) is 32.4 Å². The van der Waals surface area contributed by atoms with E-state index in [1.165, 1.54) is 0 Å². The molecule has 0 amide bonds. The van der Waals surface area contributed by atoms with Crippen LogP contribution in [0.2, 0.25) is 0 Å². The number of aromatic nitrogens is 2. The van der Waals surface area contributed by atoms with E-state index in [1.54, 1.807) is 30.5 Å². The SMILES string of the molecule is Cn1ccnc1CCNS(=O)(=O)Cc1ccccc1C#N.